The van der Waals surface area contributed by atoms with E-state index < -0.39 is 27.9 Å². The molecule has 29 heavy (non-hydrogen) atoms. The van der Waals surface area contributed by atoms with Crippen molar-refractivity contribution < 1.29 is 22.7 Å². The van der Waals surface area contributed by atoms with Crippen molar-refractivity contribution in [3.63, 3.8) is 0 Å². The Labute approximate surface area is 171 Å². The second-order valence-electron chi connectivity index (χ2n) is 6.81. The Morgan fingerprint density at radius 3 is 2.41 bits per heavy atom. The Morgan fingerprint density at radius 2 is 1.83 bits per heavy atom. The minimum atomic E-state index is -3.71. The Morgan fingerprint density at radius 1 is 1.14 bits per heavy atom. The molecule has 8 heteroatoms. The van der Waals surface area contributed by atoms with Gasteiger partial charge in [0.1, 0.15) is 6.04 Å². The zero-order valence-corrected chi connectivity index (χ0v) is 18.0. The molecule has 2 aromatic rings. The zero-order valence-electron chi connectivity index (χ0n) is 17.2. The number of esters is 1. The maximum atomic E-state index is 12.9. The van der Waals surface area contributed by atoms with E-state index in [1.165, 1.54) is 13.0 Å². The van der Waals surface area contributed by atoms with Crippen molar-refractivity contribution in [1.29, 1.82) is 0 Å². The van der Waals surface area contributed by atoms with Crippen molar-refractivity contribution in [2.75, 3.05) is 22.5 Å². The molecule has 0 spiro atoms. The van der Waals surface area contributed by atoms with Crippen LogP contribution in [0.15, 0.2) is 42.5 Å². The standard InChI is InChI=1S/C21H26N2O5S/c1-6-28-21(25)17-11-10-15(3)19(13-17)22-20(24)16(4)23(29(5,26)27)18-9-7-8-14(2)12-18/h7-13,16H,6H2,1-5H3,(H,22,24)/t16-/m1/s1. The number of nitrogens with one attached hydrogen (secondary N) is 1. The first-order valence-corrected chi connectivity index (χ1v) is 11.0. The van der Waals surface area contributed by atoms with Crippen LogP contribution in [0.3, 0.4) is 0 Å². The summed E-state index contributed by atoms with van der Waals surface area (Å²) in [6, 6.07) is 10.8. The summed E-state index contributed by atoms with van der Waals surface area (Å²) in [6.07, 6.45) is 1.06. The van der Waals surface area contributed by atoms with E-state index in [0.29, 0.717) is 16.9 Å². The molecule has 0 fully saturated rings. The monoisotopic (exact) mass is 418 g/mol. The Hall–Kier alpha value is -2.87. The number of ether oxygens (including phenoxy) is 1. The van der Waals surface area contributed by atoms with Gasteiger partial charge in [-0.15, -0.1) is 0 Å². The molecule has 0 saturated carbocycles. The number of rotatable bonds is 7. The molecule has 2 rings (SSSR count). The Bertz CT molecular complexity index is 1020. The van der Waals surface area contributed by atoms with Crippen molar-refractivity contribution in [2.45, 2.75) is 33.7 Å². The van der Waals surface area contributed by atoms with Crippen LogP contribution in [-0.4, -0.2) is 39.2 Å². The highest BCUT2D eigenvalue weighted by molar-refractivity contribution is 7.92. The molecule has 1 atom stereocenters. The molecule has 0 radical (unpaired) electrons. The van der Waals surface area contributed by atoms with Crippen molar-refractivity contribution >= 4 is 33.3 Å². The molecule has 0 saturated heterocycles. The number of nitrogens with zero attached hydrogens (tertiary/aromatic N) is 1. The molecule has 0 aromatic heterocycles. The van der Waals surface area contributed by atoms with Crippen LogP contribution in [0.2, 0.25) is 0 Å². The number of benzene rings is 2. The number of hydrogen-bond acceptors (Lipinski definition) is 5. The van der Waals surface area contributed by atoms with Crippen LogP contribution in [0.5, 0.6) is 0 Å². The Kier molecular flexibility index (Phi) is 7.02. The number of carbonyl (C=O) groups excluding carboxylic acids is 2. The third-order valence-corrected chi connectivity index (χ3v) is 5.59. The van der Waals surface area contributed by atoms with Gasteiger partial charge in [-0.1, -0.05) is 18.2 Å². The predicted octanol–water partition coefficient (Wildman–Crippen LogP) is 3.27. The molecule has 0 heterocycles. The molecule has 7 nitrogen and oxygen atoms in total. The fourth-order valence-corrected chi connectivity index (χ4v) is 4.08. The van der Waals surface area contributed by atoms with Gasteiger partial charge < -0.3 is 10.1 Å². The molecule has 1 N–H and O–H groups in total. The highest BCUT2D eigenvalue weighted by atomic mass is 32.2. The maximum absolute atomic E-state index is 12.9. The second kappa shape index (κ2) is 9.09. The largest absolute Gasteiger partial charge is 0.462 e. The average molecular weight is 419 g/mol. The SMILES string of the molecule is CCOC(=O)c1ccc(C)c(NC(=O)[C@@H](C)N(c2cccc(C)c2)S(C)(=O)=O)c1. The normalized spacial score (nSPS) is 12.2. The fraction of sp³-hybridized carbons (Fsp3) is 0.333. The first-order chi connectivity index (χ1) is 13.5. The highest BCUT2D eigenvalue weighted by Crippen LogP contribution is 2.24. The van der Waals surface area contributed by atoms with Crippen molar-refractivity contribution in [2.24, 2.45) is 0 Å². The van der Waals surface area contributed by atoms with Crippen LogP contribution < -0.4 is 9.62 Å². The van der Waals surface area contributed by atoms with Crippen molar-refractivity contribution in [3.05, 3.63) is 59.2 Å². The van der Waals surface area contributed by atoms with Gasteiger partial charge in [0.15, 0.2) is 0 Å². The summed E-state index contributed by atoms with van der Waals surface area (Å²) in [5, 5.41) is 2.73. The quantitative estimate of drug-likeness (QED) is 0.697. The highest BCUT2D eigenvalue weighted by Gasteiger charge is 2.29. The molecule has 2 aromatic carbocycles. The van der Waals surface area contributed by atoms with Gasteiger partial charge in [-0.05, 0) is 63.1 Å². The lowest BCUT2D eigenvalue weighted by Crippen LogP contribution is -2.45. The lowest BCUT2D eigenvalue weighted by molar-refractivity contribution is -0.116. The van der Waals surface area contributed by atoms with Crippen LogP contribution >= 0.6 is 0 Å². The summed E-state index contributed by atoms with van der Waals surface area (Å²) in [5.74, 6) is -1.00. The molecule has 0 aliphatic heterocycles. The van der Waals surface area contributed by atoms with Crippen LogP contribution in [-0.2, 0) is 19.6 Å². The van der Waals surface area contributed by atoms with Crippen molar-refractivity contribution in [3.8, 4) is 0 Å². The first-order valence-electron chi connectivity index (χ1n) is 9.19. The maximum Gasteiger partial charge on any atom is 0.338 e. The van der Waals surface area contributed by atoms with E-state index in [2.05, 4.69) is 5.32 Å². The van der Waals surface area contributed by atoms with Gasteiger partial charge in [-0.25, -0.2) is 13.2 Å². The van der Waals surface area contributed by atoms with E-state index in [1.807, 2.05) is 13.0 Å². The zero-order chi connectivity index (χ0) is 21.8. The first kappa shape index (κ1) is 22.4. The topological polar surface area (TPSA) is 92.8 Å². The number of hydrogen-bond donors (Lipinski definition) is 1. The summed E-state index contributed by atoms with van der Waals surface area (Å²) in [7, 11) is -3.71. The number of amides is 1. The lowest BCUT2D eigenvalue weighted by atomic mass is 10.1. The summed E-state index contributed by atoms with van der Waals surface area (Å²) >= 11 is 0. The smallest absolute Gasteiger partial charge is 0.338 e. The molecule has 156 valence electrons. The summed E-state index contributed by atoms with van der Waals surface area (Å²) in [6.45, 7) is 7.10. The lowest BCUT2D eigenvalue weighted by Gasteiger charge is -2.28. The average Bonchev–Trinajstić information content (AvgIpc) is 2.62. The minimum absolute atomic E-state index is 0.241. The van der Waals surface area contributed by atoms with Gasteiger partial charge in [-0.3, -0.25) is 9.10 Å². The number of anilines is 2. The van der Waals surface area contributed by atoms with Gasteiger partial charge in [-0.2, -0.15) is 0 Å². The van der Waals surface area contributed by atoms with Crippen LogP contribution in [0, 0.1) is 13.8 Å². The summed E-state index contributed by atoms with van der Waals surface area (Å²) < 4.78 is 30.9. The molecule has 0 aliphatic carbocycles. The fourth-order valence-electron chi connectivity index (χ4n) is 2.91. The van der Waals surface area contributed by atoms with E-state index in [4.69, 9.17) is 4.74 Å². The van der Waals surface area contributed by atoms with Crippen LogP contribution in [0.1, 0.15) is 35.3 Å². The summed E-state index contributed by atoms with van der Waals surface area (Å²) in [4.78, 5) is 24.8. The molecule has 1 amide bonds. The van der Waals surface area contributed by atoms with E-state index >= 15 is 0 Å². The number of carbonyl (C=O) groups is 2. The molecular weight excluding hydrogens is 392 g/mol. The van der Waals surface area contributed by atoms with Gasteiger partial charge >= 0.3 is 5.97 Å². The van der Waals surface area contributed by atoms with Crippen LogP contribution in [0.25, 0.3) is 0 Å². The van der Waals surface area contributed by atoms with E-state index in [1.54, 1.807) is 44.2 Å². The molecule has 0 bridgehead atoms. The Balaban J connectivity index is 2.33. The van der Waals surface area contributed by atoms with E-state index in [-0.39, 0.29) is 6.61 Å². The van der Waals surface area contributed by atoms with Gasteiger partial charge in [0, 0.05) is 5.69 Å². The van der Waals surface area contributed by atoms with Crippen molar-refractivity contribution in [1.82, 2.24) is 0 Å². The second-order valence-corrected chi connectivity index (χ2v) is 8.67. The molecule has 0 unspecified atom stereocenters. The van der Waals surface area contributed by atoms with Gasteiger partial charge in [0.05, 0.1) is 24.1 Å². The number of sulfonamides is 1. The summed E-state index contributed by atoms with van der Waals surface area (Å²) in [5.41, 5.74) is 2.75. The van der Waals surface area contributed by atoms with Crippen LogP contribution in [0.4, 0.5) is 11.4 Å². The molecular formula is C21H26N2O5S. The van der Waals surface area contributed by atoms with Gasteiger partial charge in [0.25, 0.3) is 0 Å². The van der Waals surface area contributed by atoms with E-state index in [0.717, 1.165) is 21.7 Å². The van der Waals surface area contributed by atoms with E-state index in [9.17, 15) is 18.0 Å². The number of aryl methyl sites for hydroxylation is 2. The molecule has 0 aliphatic rings. The third kappa shape index (κ3) is 5.57. The van der Waals surface area contributed by atoms with Gasteiger partial charge in [0.2, 0.25) is 15.9 Å². The minimum Gasteiger partial charge on any atom is -0.462 e. The third-order valence-electron chi connectivity index (χ3n) is 4.35. The predicted molar refractivity (Wildman–Crippen MR) is 114 cm³/mol.